The van der Waals surface area contributed by atoms with Crippen molar-refractivity contribution in [3.63, 3.8) is 0 Å². The molecule has 0 radical (unpaired) electrons. The van der Waals surface area contributed by atoms with E-state index in [2.05, 4.69) is 15.0 Å². The van der Waals surface area contributed by atoms with Gasteiger partial charge in [-0.25, -0.2) is 22.5 Å². The maximum absolute atomic E-state index is 14.2. The summed E-state index contributed by atoms with van der Waals surface area (Å²) in [5.74, 6) is -0.257. The van der Waals surface area contributed by atoms with E-state index in [0.717, 1.165) is 12.8 Å². The van der Waals surface area contributed by atoms with Crippen molar-refractivity contribution in [3.05, 3.63) is 47.9 Å². The smallest absolute Gasteiger partial charge is 0.240 e. The van der Waals surface area contributed by atoms with Gasteiger partial charge in [0.15, 0.2) is 0 Å². The van der Waals surface area contributed by atoms with Gasteiger partial charge in [-0.2, -0.15) is 0 Å². The number of aromatic nitrogens is 1. The maximum atomic E-state index is 14.2. The molecule has 1 heterocycles. The van der Waals surface area contributed by atoms with Gasteiger partial charge < -0.3 is 10.4 Å². The Morgan fingerprint density at radius 1 is 1.25 bits per heavy atom. The van der Waals surface area contributed by atoms with Gasteiger partial charge >= 0.3 is 0 Å². The van der Waals surface area contributed by atoms with Crippen molar-refractivity contribution in [1.29, 1.82) is 0 Å². The Morgan fingerprint density at radius 3 is 2.64 bits per heavy atom. The molecule has 0 aliphatic heterocycles. The minimum Gasteiger partial charge on any atom is -0.395 e. The Balaban J connectivity index is 1.83. The molecular formula is C20H26FN3O3S. The van der Waals surface area contributed by atoms with Crippen LogP contribution in [0.1, 0.15) is 32.4 Å². The molecule has 28 heavy (non-hydrogen) atoms. The summed E-state index contributed by atoms with van der Waals surface area (Å²) in [6, 6.07) is 9.21. The van der Waals surface area contributed by atoms with Crippen LogP contribution in [0.5, 0.6) is 0 Å². The number of aliphatic hydroxyl groups excluding tert-OH is 1. The molecule has 2 aromatic rings. The minimum absolute atomic E-state index is 0.0238. The number of halogens is 1. The Labute approximate surface area is 165 Å². The van der Waals surface area contributed by atoms with Gasteiger partial charge in [-0.15, -0.1) is 0 Å². The molecule has 0 saturated heterocycles. The first-order valence-electron chi connectivity index (χ1n) is 9.42. The average molecular weight is 408 g/mol. The number of hydrogen-bond donors (Lipinski definition) is 3. The molecule has 0 spiro atoms. The molecule has 1 saturated carbocycles. The van der Waals surface area contributed by atoms with Gasteiger partial charge in [0.25, 0.3) is 0 Å². The Hall–Kier alpha value is -1.87. The number of hydrogen-bond acceptors (Lipinski definition) is 5. The third-order valence-electron chi connectivity index (χ3n) is 4.79. The van der Waals surface area contributed by atoms with E-state index in [-0.39, 0.29) is 41.7 Å². The predicted molar refractivity (Wildman–Crippen MR) is 106 cm³/mol. The largest absolute Gasteiger partial charge is 0.395 e. The quantitative estimate of drug-likeness (QED) is 0.594. The first kappa shape index (κ1) is 20.9. The summed E-state index contributed by atoms with van der Waals surface area (Å²) in [4.78, 5) is 4.54. The fourth-order valence-electron chi connectivity index (χ4n) is 2.82. The third-order valence-corrected chi connectivity index (χ3v) is 6.31. The van der Waals surface area contributed by atoms with Crippen LogP contribution in [0.4, 0.5) is 4.39 Å². The summed E-state index contributed by atoms with van der Waals surface area (Å²) in [6.45, 7) is 4.06. The molecule has 152 valence electrons. The SMILES string of the molecule is CC(C)[C@H](CO)NCc1nc(-c2cccc(S(=O)(=O)NC3CC3)c2)ccc1F. The van der Waals surface area contributed by atoms with Crippen molar-refractivity contribution in [3.8, 4) is 11.3 Å². The maximum Gasteiger partial charge on any atom is 0.240 e. The lowest BCUT2D eigenvalue weighted by atomic mass is 10.1. The molecule has 1 fully saturated rings. The van der Waals surface area contributed by atoms with E-state index in [1.165, 1.54) is 18.2 Å². The van der Waals surface area contributed by atoms with Crippen molar-refractivity contribution in [2.45, 2.75) is 50.2 Å². The molecule has 0 amide bonds. The Kier molecular flexibility index (Phi) is 6.44. The van der Waals surface area contributed by atoms with Gasteiger partial charge in [-0.1, -0.05) is 26.0 Å². The van der Waals surface area contributed by atoms with Crippen LogP contribution in [0.25, 0.3) is 11.3 Å². The fraction of sp³-hybridized carbons (Fsp3) is 0.450. The topological polar surface area (TPSA) is 91.3 Å². The van der Waals surface area contributed by atoms with Crippen LogP contribution in [-0.2, 0) is 16.6 Å². The van der Waals surface area contributed by atoms with Crippen molar-refractivity contribution in [2.75, 3.05) is 6.61 Å². The fourth-order valence-corrected chi connectivity index (χ4v) is 4.17. The van der Waals surface area contributed by atoms with E-state index in [1.807, 2.05) is 13.8 Å². The zero-order valence-corrected chi connectivity index (χ0v) is 16.8. The summed E-state index contributed by atoms with van der Waals surface area (Å²) in [5, 5.41) is 12.5. The zero-order valence-electron chi connectivity index (χ0n) is 16.0. The predicted octanol–water partition coefficient (Wildman–Crippen LogP) is 2.43. The van der Waals surface area contributed by atoms with Crippen LogP contribution in [0.2, 0.25) is 0 Å². The lowest BCUT2D eigenvalue weighted by molar-refractivity contribution is 0.209. The second-order valence-corrected chi connectivity index (χ2v) is 9.18. The molecule has 1 aliphatic carbocycles. The highest BCUT2D eigenvalue weighted by Gasteiger charge is 2.28. The molecule has 0 bridgehead atoms. The molecule has 1 atom stereocenters. The van der Waals surface area contributed by atoms with Gasteiger partial charge in [-0.05, 0) is 43.0 Å². The van der Waals surface area contributed by atoms with E-state index in [0.29, 0.717) is 11.3 Å². The number of benzene rings is 1. The summed E-state index contributed by atoms with van der Waals surface area (Å²) in [5.41, 5.74) is 1.32. The standard InChI is InChI=1S/C20H26FN3O3S/c1-13(2)20(12-25)22-11-19-17(21)8-9-18(23-19)14-4-3-5-16(10-14)28(26,27)24-15-6-7-15/h3-5,8-10,13,15,20,22,24-25H,6-7,11-12H2,1-2H3/t20-/m0/s1. The van der Waals surface area contributed by atoms with Crippen LogP contribution >= 0.6 is 0 Å². The lowest BCUT2D eigenvalue weighted by Crippen LogP contribution is -2.36. The van der Waals surface area contributed by atoms with E-state index in [1.54, 1.807) is 18.2 Å². The highest BCUT2D eigenvalue weighted by atomic mass is 32.2. The molecule has 3 N–H and O–H groups in total. The molecule has 0 unspecified atom stereocenters. The van der Waals surface area contributed by atoms with Gasteiger partial charge in [0.05, 0.1) is 22.9 Å². The summed E-state index contributed by atoms with van der Waals surface area (Å²) < 4.78 is 41.7. The first-order valence-corrected chi connectivity index (χ1v) is 10.9. The lowest BCUT2D eigenvalue weighted by Gasteiger charge is -2.20. The summed E-state index contributed by atoms with van der Waals surface area (Å²) in [7, 11) is -3.57. The molecule has 1 aliphatic rings. The second kappa shape index (κ2) is 8.65. The van der Waals surface area contributed by atoms with Gasteiger partial charge in [-0.3, -0.25) is 0 Å². The van der Waals surface area contributed by atoms with Crippen LogP contribution < -0.4 is 10.0 Å². The minimum atomic E-state index is -3.57. The summed E-state index contributed by atoms with van der Waals surface area (Å²) in [6.07, 6.45) is 1.72. The van der Waals surface area contributed by atoms with Gasteiger partial charge in [0.2, 0.25) is 10.0 Å². The number of pyridine rings is 1. The molecule has 1 aromatic carbocycles. The molecule has 8 heteroatoms. The van der Waals surface area contributed by atoms with Gasteiger partial charge in [0.1, 0.15) is 5.82 Å². The van der Waals surface area contributed by atoms with E-state index in [4.69, 9.17) is 0 Å². The Morgan fingerprint density at radius 2 is 2.00 bits per heavy atom. The van der Waals surface area contributed by atoms with E-state index in [9.17, 15) is 17.9 Å². The van der Waals surface area contributed by atoms with Crippen molar-refractivity contribution < 1.29 is 17.9 Å². The van der Waals surface area contributed by atoms with E-state index >= 15 is 0 Å². The third kappa shape index (κ3) is 5.14. The summed E-state index contributed by atoms with van der Waals surface area (Å²) >= 11 is 0. The Bertz CT molecular complexity index is 930. The van der Waals surface area contributed by atoms with Crippen molar-refractivity contribution >= 4 is 10.0 Å². The zero-order chi connectivity index (χ0) is 20.3. The van der Waals surface area contributed by atoms with Crippen molar-refractivity contribution in [1.82, 2.24) is 15.0 Å². The molecule has 3 rings (SSSR count). The molecule has 1 aromatic heterocycles. The molecular weight excluding hydrogens is 381 g/mol. The van der Waals surface area contributed by atoms with Crippen LogP contribution in [0.3, 0.4) is 0 Å². The van der Waals surface area contributed by atoms with E-state index < -0.39 is 15.8 Å². The number of rotatable bonds is 9. The van der Waals surface area contributed by atoms with Crippen molar-refractivity contribution in [2.24, 2.45) is 5.92 Å². The number of aliphatic hydroxyl groups is 1. The highest BCUT2D eigenvalue weighted by molar-refractivity contribution is 7.89. The van der Waals surface area contributed by atoms with Crippen LogP contribution in [-0.4, -0.2) is 37.2 Å². The monoisotopic (exact) mass is 407 g/mol. The molecule has 6 nitrogen and oxygen atoms in total. The highest BCUT2D eigenvalue weighted by Crippen LogP contribution is 2.25. The number of nitrogens with zero attached hydrogens (tertiary/aromatic N) is 1. The van der Waals surface area contributed by atoms with Crippen LogP contribution in [0, 0.1) is 11.7 Å². The van der Waals surface area contributed by atoms with Gasteiger partial charge in [0, 0.05) is 24.2 Å². The van der Waals surface area contributed by atoms with Crippen LogP contribution in [0.15, 0.2) is 41.3 Å². The number of sulfonamides is 1. The second-order valence-electron chi connectivity index (χ2n) is 7.46. The number of nitrogens with one attached hydrogen (secondary N) is 2. The first-order chi connectivity index (χ1) is 13.3. The normalized spacial score (nSPS) is 15.8. The average Bonchev–Trinajstić information content (AvgIpc) is 3.47.